The van der Waals surface area contributed by atoms with Gasteiger partial charge in [0, 0.05) is 19.2 Å². The number of carbonyl (C=O) groups excluding carboxylic acids is 1. The van der Waals surface area contributed by atoms with Crippen molar-refractivity contribution in [2.24, 2.45) is 0 Å². The zero-order valence-electron chi connectivity index (χ0n) is 9.57. The lowest BCUT2D eigenvalue weighted by Gasteiger charge is -2.10. The molecule has 10 heteroatoms. The number of aromatic nitrogens is 1. The third-order valence-electron chi connectivity index (χ3n) is 2.15. The van der Waals surface area contributed by atoms with Crippen molar-refractivity contribution in [1.29, 1.82) is 0 Å². The third-order valence-corrected chi connectivity index (χ3v) is 2.48. The lowest BCUT2D eigenvalue weighted by atomic mass is 10.2. The normalized spacial score (nSPS) is 12.3. The van der Waals surface area contributed by atoms with Crippen LogP contribution >= 0.6 is 11.6 Å². The van der Waals surface area contributed by atoms with Crippen LogP contribution in [0.25, 0.3) is 0 Å². The molecule has 1 aromatic rings. The van der Waals surface area contributed by atoms with Gasteiger partial charge < -0.3 is 5.32 Å². The average Bonchev–Trinajstić information content (AvgIpc) is 2.28. The second kappa shape index (κ2) is 5.86. The lowest BCUT2D eigenvalue weighted by Crippen LogP contribution is -2.37. The zero-order chi connectivity index (χ0) is 15.6. The van der Waals surface area contributed by atoms with Gasteiger partial charge in [0.05, 0.1) is 16.3 Å². The Morgan fingerprint density at radius 2 is 1.85 bits per heavy atom. The van der Waals surface area contributed by atoms with Crippen LogP contribution in [0.4, 0.5) is 26.3 Å². The van der Waals surface area contributed by atoms with Crippen molar-refractivity contribution in [2.45, 2.75) is 18.8 Å². The Morgan fingerprint density at radius 1 is 1.25 bits per heavy atom. The van der Waals surface area contributed by atoms with Crippen molar-refractivity contribution >= 4 is 17.5 Å². The molecule has 0 saturated carbocycles. The van der Waals surface area contributed by atoms with Gasteiger partial charge in [-0.1, -0.05) is 11.6 Å². The molecule has 0 atom stereocenters. The highest BCUT2D eigenvalue weighted by atomic mass is 35.5. The van der Waals surface area contributed by atoms with Crippen LogP contribution in [0.1, 0.15) is 11.3 Å². The molecule has 0 fully saturated rings. The maximum atomic E-state index is 12.3. The standard InChI is InChI=1S/C10H7ClF6N2O/c11-6-3-5(9(12,13)14)4-19-7(6)1-2-18-8(20)10(15,16)17/h3-4H,1-2H2,(H,18,20). The van der Waals surface area contributed by atoms with Gasteiger partial charge in [0.2, 0.25) is 0 Å². The van der Waals surface area contributed by atoms with E-state index >= 15 is 0 Å². The van der Waals surface area contributed by atoms with E-state index in [9.17, 15) is 31.1 Å². The van der Waals surface area contributed by atoms with E-state index in [-0.39, 0.29) is 17.1 Å². The molecule has 0 aliphatic heterocycles. The Balaban J connectivity index is 2.65. The van der Waals surface area contributed by atoms with Gasteiger partial charge in [0.15, 0.2) is 0 Å². The molecule has 20 heavy (non-hydrogen) atoms. The van der Waals surface area contributed by atoms with Gasteiger partial charge in [-0.25, -0.2) is 0 Å². The number of hydrogen-bond acceptors (Lipinski definition) is 2. The van der Waals surface area contributed by atoms with Crippen LogP contribution in [0.15, 0.2) is 12.3 Å². The Hall–Kier alpha value is -1.51. The first-order chi connectivity index (χ1) is 9.01. The largest absolute Gasteiger partial charge is 0.471 e. The van der Waals surface area contributed by atoms with Gasteiger partial charge >= 0.3 is 18.3 Å². The Bertz CT molecular complexity index is 500. The van der Waals surface area contributed by atoms with Crippen LogP contribution in [0.2, 0.25) is 5.02 Å². The highest BCUT2D eigenvalue weighted by Gasteiger charge is 2.38. The van der Waals surface area contributed by atoms with E-state index in [1.54, 1.807) is 5.32 Å². The fourth-order valence-corrected chi connectivity index (χ4v) is 1.46. The number of nitrogens with zero attached hydrogens (tertiary/aromatic N) is 1. The quantitative estimate of drug-likeness (QED) is 0.870. The monoisotopic (exact) mass is 320 g/mol. The molecule has 112 valence electrons. The number of rotatable bonds is 3. The number of alkyl halides is 6. The van der Waals surface area contributed by atoms with E-state index in [1.807, 2.05) is 0 Å². The summed E-state index contributed by atoms with van der Waals surface area (Å²) in [5.41, 5.74) is -1.10. The van der Waals surface area contributed by atoms with E-state index in [0.29, 0.717) is 12.3 Å². The first kappa shape index (κ1) is 16.5. The summed E-state index contributed by atoms with van der Waals surface area (Å²) in [5.74, 6) is -2.14. The smallest absolute Gasteiger partial charge is 0.348 e. The second-order valence-corrected chi connectivity index (χ2v) is 4.06. The molecular formula is C10H7ClF6N2O. The summed E-state index contributed by atoms with van der Waals surface area (Å²) in [5, 5.41) is 1.23. The van der Waals surface area contributed by atoms with E-state index in [1.165, 1.54) is 0 Å². The van der Waals surface area contributed by atoms with Crippen molar-refractivity contribution in [3.05, 3.63) is 28.5 Å². The highest BCUT2D eigenvalue weighted by molar-refractivity contribution is 6.31. The van der Waals surface area contributed by atoms with Crippen LogP contribution in [0.5, 0.6) is 0 Å². The summed E-state index contributed by atoms with van der Waals surface area (Å²) in [6.45, 7) is -0.448. The molecule has 0 spiro atoms. The fraction of sp³-hybridized carbons (Fsp3) is 0.400. The van der Waals surface area contributed by atoms with Gasteiger partial charge in [-0.15, -0.1) is 0 Å². The van der Waals surface area contributed by atoms with Gasteiger partial charge in [-0.2, -0.15) is 26.3 Å². The SMILES string of the molecule is O=C(NCCc1ncc(C(F)(F)F)cc1Cl)C(F)(F)F. The summed E-state index contributed by atoms with van der Waals surface area (Å²) in [7, 11) is 0. The van der Waals surface area contributed by atoms with Gasteiger partial charge in [0.25, 0.3) is 0 Å². The summed E-state index contributed by atoms with van der Waals surface area (Å²) in [4.78, 5) is 13.9. The van der Waals surface area contributed by atoms with Crippen LogP contribution in [0.3, 0.4) is 0 Å². The first-order valence-corrected chi connectivity index (χ1v) is 5.46. The van der Waals surface area contributed by atoms with Crippen LogP contribution in [-0.4, -0.2) is 23.6 Å². The molecule has 1 aromatic heterocycles. The molecule has 0 aromatic carbocycles. The molecule has 1 heterocycles. The molecule has 0 saturated heterocycles. The number of nitrogens with one attached hydrogen (secondary N) is 1. The fourth-order valence-electron chi connectivity index (χ4n) is 1.20. The molecule has 0 bridgehead atoms. The molecule has 0 radical (unpaired) electrons. The predicted molar refractivity (Wildman–Crippen MR) is 57.0 cm³/mol. The third kappa shape index (κ3) is 4.55. The molecule has 3 nitrogen and oxygen atoms in total. The van der Waals surface area contributed by atoms with Gasteiger partial charge in [-0.05, 0) is 6.07 Å². The minimum atomic E-state index is -5.02. The van der Waals surface area contributed by atoms with Crippen LogP contribution in [-0.2, 0) is 17.4 Å². The van der Waals surface area contributed by atoms with E-state index in [4.69, 9.17) is 11.6 Å². The van der Waals surface area contributed by atoms with E-state index in [2.05, 4.69) is 4.98 Å². The zero-order valence-corrected chi connectivity index (χ0v) is 10.3. The van der Waals surface area contributed by atoms with Crippen molar-refractivity contribution in [2.75, 3.05) is 6.54 Å². The minimum absolute atomic E-state index is 0.0397. The molecule has 1 amide bonds. The van der Waals surface area contributed by atoms with E-state index < -0.39 is 30.4 Å². The number of hydrogen-bond donors (Lipinski definition) is 1. The maximum absolute atomic E-state index is 12.3. The van der Waals surface area contributed by atoms with Gasteiger partial charge in [0.1, 0.15) is 0 Å². The van der Waals surface area contributed by atoms with Crippen molar-refractivity contribution in [3.63, 3.8) is 0 Å². The predicted octanol–water partition coefficient (Wildman–Crippen LogP) is 2.97. The number of carbonyl (C=O) groups is 1. The Kier molecular flexibility index (Phi) is 4.85. The minimum Gasteiger partial charge on any atom is -0.348 e. The summed E-state index contributed by atoms with van der Waals surface area (Å²) in [6, 6.07) is 0.621. The average molecular weight is 321 g/mol. The van der Waals surface area contributed by atoms with Crippen LogP contribution < -0.4 is 5.32 Å². The molecule has 1 rings (SSSR count). The Morgan fingerprint density at radius 3 is 2.30 bits per heavy atom. The number of halogens is 7. The van der Waals surface area contributed by atoms with Crippen molar-refractivity contribution < 1.29 is 31.1 Å². The molecule has 0 aliphatic rings. The summed E-state index contributed by atoms with van der Waals surface area (Å²) in [6.07, 6.45) is -9.33. The maximum Gasteiger partial charge on any atom is 0.471 e. The molecule has 0 aliphatic carbocycles. The lowest BCUT2D eigenvalue weighted by molar-refractivity contribution is -0.173. The van der Waals surface area contributed by atoms with Crippen molar-refractivity contribution in [3.8, 4) is 0 Å². The molecule has 0 unspecified atom stereocenters. The van der Waals surface area contributed by atoms with Gasteiger partial charge in [-0.3, -0.25) is 9.78 Å². The highest BCUT2D eigenvalue weighted by Crippen LogP contribution is 2.31. The molecule has 1 N–H and O–H groups in total. The molecular weight excluding hydrogens is 314 g/mol. The van der Waals surface area contributed by atoms with Crippen LogP contribution in [0, 0.1) is 0 Å². The summed E-state index contributed by atoms with van der Waals surface area (Å²) >= 11 is 5.54. The van der Waals surface area contributed by atoms with E-state index in [0.717, 1.165) is 0 Å². The topological polar surface area (TPSA) is 42.0 Å². The van der Waals surface area contributed by atoms with Crippen molar-refractivity contribution in [1.82, 2.24) is 10.3 Å². The number of pyridine rings is 1. The Labute approximate surface area is 113 Å². The summed E-state index contributed by atoms with van der Waals surface area (Å²) < 4.78 is 72.5. The number of amides is 1. The second-order valence-electron chi connectivity index (χ2n) is 3.65. The first-order valence-electron chi connectivity index (χ1n) is 5.08.